The van der Waals surface area contributed by atoms with Gasteiger partial charge in [0.15, 0.2) is 0 Å². The number of hydrogen-bond donors (Lipinski definition) is 0. The van der Waals surface area contributed by atoms with Crippen molar-refractivity contribution in [2.24, 2.45) is 17.3 Å². The van der Waals surface area contributed by atoms with E-state index in [1.54, 1.807) is 7.11 Å². The van der Waals surface area contributed by atoms with E-state index in [0.29, 0.717) is 6.42 Å². The molecule has 0 heterocycles. The van der Waals surface area contributed by atoms with Gasteiger partial charge in [-0.25, -0.2) is 0 Å². The number of hydrogen-bond acceptors (Lipinski definition) is 3. The quantitative estimate of drug-likeness (QED) is 0.766. The van der Waals surface area contributed by atoms with Crippen molar-refractivity contribution in [2.45, 2.75) is 46.1 Å². The van der Waals surface area contributed by atoms with Crippen LogP contribution in [0.2, 0.25) is 0 Å². The van der Waals surface area contributed by atoms with Gasteiger partial charge in [0.05, 0.1) is 23.7 Å². The average molecular weight is 246 g/mol. The number of ether oxygens (including phenoxy) is 1. The summed E-state index contributed by atoms with van der Waals surface area (Å²) in [5.41, 5.74) is 0.313. The monoisotopic (exact) mass is 246 g/mol. The number of rotatable bonds is 3. The summed E-state index contributed by atoms with van der Waals surface area (Å²) in [6.07, 6.45) is 3.33. The molecule has 0 amide bonds. The zero-order valence-electron chi connectivity index (χ0n) is 11.9. The lowest BCUT2D eigenvalue weighted by Crippen LogP contribution is -2.48. The van der Waals surface area contributed by atoms with Crippen LogP contribution in [0.25, 0.3) is 0 Å². The maximum atomic E-state index is 9.35. The number of allylic oxidation sites excluding steroid dienone is 2. The zero-order chi connectivity index (χ0) is 14.0. The second-order valence-electron chi connectivity index (χ2n) is 6.06. The Morgan fingerprint density at radius 3 is 2.33 bits per heavy atom. The van der Waals surface area contributed by atoms with Crippen molar-refractivity contribution in [1.29, 1.82) is 10.5 Å². The molecule has 0 aromatic carbocycles. The van der Waals surface area contributed by atoms with E-state index in [9.17, 15) is 5.26 Å². The van der Waals surface area contributed by atoms with Crippen LogP contribution in [0.1, 0.15) is 40.5 Å². The van der Waals surface area contributed by atoms with E-state index < -0.39 is 0 Å². The van der Waals surface area contributed by atoms with Gasteiger partial charge in [0.25, 0.3) is 0 Å². The molecule has 0 radical (unpaired) electrons. The summed E-state index contributed by atoms with van der Waals surface area (Å²) in [5, 5.41) is 18.3. The first kappa shape index (κ1) is 14.7. The Balaban J connectivity index is 3.07. The first-order valence-corrected chi connectivity index (χ1v) is 6.34. The van der Waals surface area contributed by atoms with Gasteiger partial charge >= 0.3 is 0 Å². The first-order chi connectivity index (χ1) is 8.30. The minimum Gasteiger partial charge on any atom is -0.378 e. The Morgan fingerprint density at radius 2 is 1.89 bits per heavy atom. The average Bonchev–Trinajstić information content (AvgIpc) is 2.37. The fraction of sp³-hybridized carbons (Fsp3) is 0.733. The Morgan fingerprint density at radius 1 is 1.28 bits per heavy atom. The molecule has 0 saturated heterocycles. The van der Waals surface area contributed by atoms with Crippen molar-refractivity contribution in [1.82, 2.24) is 0 Å². The minimum atomic E-state index is -0.301. The van der Waals surface area contributed by atoms with Crippen LogP contribution >= 0.6 is 0 Å². The van der Waals surface area contributed by atoms with E-state index in [1.807, 2.05) is 6.08 Å². The predicted molar refractivity (Wildman–Crippen MR) is 70.4 cm³/mol. The molecule has 1 rings (SSSR count). The van der Waals surface area contributed by atoms with Gasteiger partial charge in [0.1, 0.15) is 0 Å². The second kappa shape index (κ2) is 5.12. The van der Waals surface area contributed by atoms with Crippen LogP contribution in [0.15, 0.2) is 11.6 Å². The summed E-state index contributed by atoms with van der Waals surface area (Å²) in [6.45, 7) is 8.42. The van der Waals surface area contributed by atoms with Crippen molar-refractivity contribution in [3.63, 3.8) is 0 Å². The van der Waals surface area contributed by atoms with Crippen LogP contribution in [0.5, 0.6) is 0 Å². The second-order valence-corrected chi connectivity index (χ2v) is 6.06. The van der Waals surface area contributed by atoms with Gasteiger partial charge in [-0.05, 0) is 38.0 Å². The normalized spacial score (nSPS) is 24.9. The molecule has 0 aromatic heterocycles. The molecular formula is C15H22N2O. The van der Waals surface area contributed by atoms with Gasteiger partial charge in [-0.15, -0.1) is 0 Å². The SMILES string of the molecule is COC(C)(C)C(C)(C)C1CC=C(C#N)CC1C#N. The van der Waals surface area contributed by atoms with Gasteiger partial charge in [-0.3, -0.25) is 0 Å². The van der Waals surface area contributed by atoms with Gasteiger partial charge in [0, 0.05) is 12.7 Å². The molecule has 18 heavy (non-hydrogen) atoms. The molecule has 98 valence electrons. The lowest BCUT2D eigenvalue weighted by atomic mass is 9.60. The van der Waals surface area contributed by atoms with Crippen LogP contribution in [0.4, 0.5) is 0 Å². The highest BCUT2D eigenvalue weighted by atomic mass is 16.5. The van der Waals surface area contributed by atoms with E-state index in [4.69, 9.17) is 10.00 Å². The highest BCUT2D eigenvalue weighted by Crippen LogP contribution is 2.48. The molecule has 1 aliphatic rings. The van der Waals surface area contributed by atoms with Crippen molar-refractivity contribution < 1.29 is 4.74 Å². The zero-order valence-corrected chi connectivity index (χ0v) is 11.9. The minimum absolute atomic E-state index is 0.103. The van der Waals surface area contributed by atoms with Gasteiger partial charge in [-0.1, -0.05) is 19.9 Å². The van der Waals surface area contributed by atoms with Crippen LogP contribution in [-0.2, 0) is 4.74 Å². The van der Waals surface area contributed by atoms with Gasteiger partial charge in [-0.2, -0.15) is 10.5 Å². The highest BCUT2D eigenvalue weighted by Gasteiger charge is 2.47. The Hall–Kier alpha value is -1.32. The Kier molecular flexibility index (Phi) is 4.20. The molecule has 0 saturated carbocycles. The van der Waals surface area contributed by atoms with Crippen molar-refractivity contribution in [2.75, 3.05) is 7.11 Å². The number of nitriles is 2. The summed E-state index contributed by atoms with van der Waals surface area (Å²) in [6, 6.07) is 4.54. The van der Waals surface area contributed by atoms with Gasteiger partial charge < -0.3 is 4.74 Å². The topological polar surface area (TPSA) is 56.8 Å². The van der Waals surface area contributed by atoms with E-state index >= 15 is 0 Å². The molecule has 0 aliphatic heterocycles. The molecule has 0 spiro atoms. The largest absolute Gasteiger partial charge is 0.378 e. The molecule has 3 heteroatoms. The molecule has 1 aliphatic carbocycles. The summed E-state index contributed by atoms with van der Waals surface area (Å²) in [4.78, 5) is 0. The highest BCUT2D eigenvalue weighted by molar-refractivity contribution is 5.26. The summed E-state index contributed by atoms with van der Waals surface area (Å²) in [5.74, 6) is 0.114. The third-order valence-electron chi connectivity index (χ3n) is 4.84. The molecule has 0 N–H and O–H groups in total. The van der Waals surface area contributed by atoms with Crippen LogP contribution < -0.4 is 0 Å². The lowest BCUT2D eigenvalue weighted by Gasteiger charge is -2.48. The molecule has 2 atom stereocenters. The lowest BCUT2D eigenvalue weighted by molar-refractivity contribution is -0.106. The van der Waals surface area contributed by atoms with Crippen LogP contribution in [-0.4, -0.2) is 12.7 Å². The molecule has 3 nitrogen and oxygen atoms in total. The Bertz CT molecular complexity index is 421. The molecule has 0 aromatic rings. The van der Waals surface area contributed by atoms with E-state index in [0.717, 1.165) is 12.0 Å². The van der Waals surface area contributed by atoms with Crippen molar-refractivity contribution in [3.05, 3.63) is 11.6 Å². The van der Waals surface area contributed by atoms with Crippen molar-refractivity contribution >= 4 is 0 Å². The third kappa shape index (κ3) is 2.42. The standard InChI is InChI=1S/C15H22N2O/c1-14(2,15(3,4)18-5)13-7-6-11(9-16)8-12(13)10-17/h6,12-13H,7-8H2,1-5H3. The maximum absolute atomic E-state index is 9.35. The third-order valence-corrected chi connectivity index (χ3v) is 4.84. The Labute approximate surface area is 110 Å². The van der Waals surface area contributed by atoms with Crippen LogP contribution in [0.3, 0.4) is 0 Å². The molecule has 0 fully saturated rings. The van der Waals surface area contributed by atoms with Crippen molar-refractivity contribution in [3.8, 4) is 12.1 Å². The molecule has 2 unspecified atom stereocenters. The summed E-state index contributed by atoms with van der Waals surface area (Å²) < 4.78 is 5.61. The summed E-state index contributed by atoms with van der Waals surface area (Å²) >= 11 is 0. The molecule has 0 bridgehead atoms. The predicted octanol–water partition coefficient (Wildman–Crippen LogP) is 3.44. The van der Waals surface area contributed by atoms with E-state index in [1.165, 1.54) is 0 Å². The van der Waals surface area contributed by atoms with Gasteiger partial charge in [0.2, 0.25) is 0 Å². The number of methoxy groups -OCH3 is 1. The fourth-order valence-corrected chi connectivity index (χ4v) is 2.63. The number of nitrogens with zero attached hydrogens (tertiary/aromatic N) is 2. The summed E-state index contributed by atoms with van der Waals surface area (Å²) in [7, 11) is 1.71. The fourth-order valence-electron chi connectivity index (χ4n) is 2.63. The first-order valence-electron chi connectivity index (χ1n) is 6.34. The smallest absolute Gasteiger partial charge is 0.0944 e. The molecular weight excluding hydrogens is 224 g/mol. The maximum Gasteiger partial charge on any atom is 0.0944 e. The van der Waals surface area contributed by atoms with E-state index in [2.05, 4.69) is 39.8 Å². The van der Waals surface area contributed by atoms with E-state index in [-0.39, 0.29) is 22.9 Å². The van der Waals surface area contributed by atoms with Crippen LogP contribution in [0, 0.1) is 39.9 Å².